The van der Waals surface area contributed by atoms with Gasteiger partial charge in [-0.1, -0.05) is 48.4 Å². The molecule has 0 N–H and O–H groups in total. The van der Waals surface area contributed by atoms with Gasteiger partial charge in [0, 0.05) is 11.6 Å². The van der Waals surface area contributed by atoms with Gasteiger partial charge in [0.1, 0.15) is 5.02 Å². The molecule has 0 unspecified atom stereocenters. The number of carbonyl (C=O) groups excluding carboxylic acids is 1. The lowest BCUT2D eigenvalue weighted by Crippen LogP contribution is -2.37. The van der Waals surface area contributed by atoms with Crippen LogP contribution < -0.4 is 4.31 Å². The number of carbonyl (C=O) groups is 1. The number of halogens is 1. The summed E-state index contributed by atoms with van der Waals surface area (Å²) in [6, 6.07) is 16.0. The zero-order valence-corrected chi connectivity index (χ0v) is 18.4. The van der Waals surface area contributed by atoms with E-state index >= 15 is 0 Å². The van der Waals surface area contributed by atoms with Gasteiger partial charge in [0.2, 0.25) is 0 Å². The molecular formula is C22H19ClN2O5S. The van der Waals surface area contributed by atoms with Gasteiger partial charge in [0.15, 0.2) is 0 Å². The smallest absolute Gasteiger partial charge is 0.268 e. The van der Waals surface area contributed by atoms with E-state index in [1.807, 2.05) is 13.8 Å². The third-order valence-electron chi connectivity index (χ3n) is 4.71. The van der Waals surface area contributed by atoms with Crippen LogP contribution in [0.4, 0.5) is 11.4 Å². The van der Waals surface area contributed by atoms with Gasteiger partial charge in [-0.15, -0.1) is 0 Å². The maximum absolute atomic E-state index is 13.4. The largest absolute Gasteiger partial charge is 0.288 e. The average molecular weight is 459 g/mol. The van der Waals surface area contributed by atoms with Crippen molar-refractivity contribution in [3.8, 4) is 0 Å². The number of nitro benzene ring substituents is 1. The van der Waals surface area contributed by atoms with Crippen LogP contribution in [0.1, 0.15) is 28.4 Å². The minimum absolute atomic E-state index is 0.0746. The van der Waals surface area contributed by atoms with Crippen molar-refractivity contribution in [2.75, 3.05) is 4.31 Å². The van der Waals surface area contributed by atoms with Gasteiger partial charge in [-0.25, -0.2) is 8.42 Å². The second-order valence-electron chi connectivity index (χ2n) is 6.83. The fourth-order valence-corrected chi connectivity index (χ4v) is 4.55. The predicted octanol–water partition coefficient (Wildman–Crippen LogP) is 5.15. The molecule has 0 bridgehead atoms. The summed E-state index contributed by atoms with van der Waals surface area (Å²) in [4.78, 5) is 23.8. The van der Waals surface area contributed by atoms with Crippen molar-refractivity contribution in [3.05, 3.63) is 98.6 Å². The molecule has 0 aliphatic carbocycles. The van der Waals surface area contributed by atoms with Gasteiger partial charge in [-0.3, -0.25) is 14.9 Å². The van der Waals surface area contributed by atoms with Crippen molar-refractivity contribution >= 4 is 38.9 Å². The second-order valence-corrected chi connectivity index (χ2v) is 9.02. The number of rotatable bonds is 6. The molecule has 31 heavy (non-hydrogen) atoms. The Hall–Kier alpha value is -3.23. The van der Waals surface area contributed by atoms with Gasteiger partial charge in [0.05, 0.1) is 15.5 Å². The molecule has 0 fully saturated rings. The van der Waals surface area contributed by atoms with E-state index in [-0.39, 0.29) is 21.2 Å². The van der Waals surface area contributed by atoms with Crippen LogP contribution in [0.2, 0.25) is 5.02 Å². The Kier molecular flexibility index (Phi) is 6.42. The van der Waals surface area contributed by atoms with E-state index in [2.05, 4.69) is 0 Å². The molecule has 0 heterocycles. The normalized spacial score (nSPS) is 11.2. The zero-order chi connectivity index (χ0) is 22.8. The fourth-order valence-electron chi connectivity index (χ4n) is 2.95. The van der Waals surface area contributed by atoms with Crippen LogP contribution in [0.15, 0.2) is 71.6 Å². The van der Waals surface area contributed by atoms with Crippen molar-refractivity contribution < 1.29 is 18.1 Å². The Morgan fingerprint density at radius 2 is 1.65 bits per heavy atom. The maximum atomic E-state index is 13.4. The summed E-state index contributed by atoms with van der Waals surface area (Å²) >= 11 is 5.84. The third kappa shape index (κ3) is 4.60. The van der Waals surface area contributed by atoms with Crippen LogP contribution in [-0.2, 0) is 16.4 Å². The summed E-state index contributed by atoms with van der Waals surface area (Å²) in [6.07, 6.45) is 0.738. The number of hydrogen-bond acceptors (Lipinski definition) is 5. The molecule has 160 valence electrons. The van der Waals surface area contributed by atoms with E-state index in [4.69, 9.17) is 11.6 Å². The molecule has 9 heteroatoms. The summed E-state index contributed by atoms with van der Waals surface area (Å²) in [5.74, 6) is -0.926. The Balaban J connectivity index is 2.18. The first kappa shape index (κ1) is 22.5. The van der Waals surface area contributed by atoms with Crippen molar-refractivity contribution in [1.82, 2.24) is 0 Å². The molecule has 0 spiro atoms. The minimum atomic E-state index is -4.30. The average Bonchev–Trinajstić information content (AvgIpc) is 2.74. The minimum Gasteiger partial charge on any atom is -0.268 e. The van der Waals surface area contributed by atoms with E-state index in [9.17, 15) is 23.3 Å². The highest BCUT2D eigenvalue weighted by molar-refractivity contribution is 7.93. The number of hydrogen-bond donors (Lipinski definition) is 0. The topological polar surface area (TPSA) is 97.6 Å². The van der Waals surface area contributed by atoms with Gasteiger partial charge < -0.3 is 0 Å². The van der Waals surface area contributed by atoms with Gasteiger partial charge in [-0.05, 0) is 55.3 Å². The van der Waals surface area contributed by atoms with E-state index in [0.29, 0.717) is 4.31 Å². The van der Waals surface area contributed by atoms with Crippen molar-refractivity contribution in [2.45, 2.75) is 25.2 Å². The summed E-state index contributed by atoms with van der Waals surface area (Å²) in [7, 11) is -4.30. The summed E-state index contributed by atoms with van der Waals surface area (Å²) in [5, 5.41) is 11.1. The number of nitrogens with zero attached hydrogens (tertiary/aromatic N) is 2. The molecule has 0 atom stereocenters. The van der Waals surface area contributed by atoms with Crippen LogP contribution in [-0.4, -0.2) is 19.2 Å². The van der Waals surface area contributed by atoms with E-state index in [1.165, 1.54) is 36.4 Å². The first-order chi connectivity index (χ1) is 14.6. The van der Waals surface area contributed by atoms with Crippen molar-refractivity contribution in [1.29, 1.82) is 0 Å². The quantitative estimate of drug-likeness (QED) is 0.375. The van der Waals surface area contributed by atoms with Crippen LogP contribution in [0.3, 0.4) is 0 Å². The molecular weight excluding hydrogens is 440 g/mol. The third-order valence-corrected chi connectivity index (χ3v) is 6.76. The first-order valence-corrected chi connectivity index (χ1v) is 11.2. The molecule has 0 radical (unpaired) electrons. The summed E-state index contributed by atoms with van der Waals surface area (Å²) in [5.41, 5.74) is 1.29. The Labute approximate surface area is 185 Å². The number of nitro groups is 1. The number of amides is 1. The Morgan fingerprint density at radius 1 is 1.03 bits per heavy atom. The molecule has 1 amide bonds. The molecule has 3 aromatic carbocycles. The SMILES string of the molecule is CCc1ccc(N(C(=O)c2ccc(Cl)c([N+](=O)[O-])c2)S(=O)(=O)c2ccc(C)cc2)cc1. The molecule has 0 saturated carbocycles. The summed E-state index contributed by atoms with van der Waals surface area (Å²) < 4.78 is 27.5. The Morgan fingerprint density at radius 3 is 2.19 bits per heavy atom. The van der Waals surface area contributed by atoms with E-state index in [1.54, 1.807) is 24.3 Å². The first-order valence-electron chi connectivity index (χ1n) is 9.34. The summed E-state index contributed by atoms with van der Waals surface area (Å²) in [6.45, 7) is 3.77. The molecule has 7 nitrogen and oxygen atoms in total. The van der Waals surface area contributed by atoms with Crippen molar-refractivity contribution in [3.63, 3.8) is 0 Å². The number of benzene rings is 3. The molecule has 3 aromatic rings. The Bertz CT molecular complexity index is 1240. The molecule has 3 rings (SSSR count). The monoisotopic (exact) mass is 458 g/mol. The zero-order valence-electron chi connectivity index (χ0n) is 16.8. The molecule has 0 aromatic heterocycles. The fraction of sp³-hybridized carbons (Fsp3) is 0.136. The van der Waals surface area contributed by atoms with Gasteiger partial charge >= 0.3 is 0 Å². The lowest BCUT2D eigenvalue weighted by atomic mass is 10.1. The highest BCUT2D eigenvalue weighted by Crippen LogP contribution is 2.30. The van der Waals surface area contributed by atoms with E-state index in [0.717, 1.165) is 23.6 Å². The van der Waals surface area contributed by atoms with E-state index < -0.39 is 26.5 Å². The number of sulfonamides is 1. The highest BCUT2D eigenvalue weighted by Gasteiger charge is 2.33. The lowest BCUT2D eigenvalue weighted by molar-refractivity contribution is -0.384. The predicted molar refractivity (Wildman–Crippen MR) is 119 cm³/mol. The van der Waals surface area contributed by atoms with Crippen LogP contribution >= 0.6 is 11.6 Å². The van der Waals surface area contributed by atoms with Gasteiger partial charge in [-0.2, -0.15) is 4.31 Å². The van der Waals surface area contributed by atoms with Crippen LogP contribution in [0, 0.1) is 17.0 Å². The van der Waals surface area contributed by atoms with Crippen LogP contribution in [0.5, 0.6) is 0 Å². The van der Waals surface area contributed by atoms with Crippen LogP contribution in [0.25, 0.3) is 0 Å². The molecule has 0 aliphatic rings. The molecule has 0 aliphatic heterocycles. The van der Waals surface area contributed by atoms with Gasteiger partial charge in [0.25, 0.3) is 21.6 Å². The highest BCUT2D eigenvalue weighted by atomic mass is 35.5. The maximum Gasteiger partial charge on any atom is 0.288 e. The second kappa shape index (κ2) is 8.87. The number of anilines is 1. The molecule has 0 saturated heterocycles. The van der Waals surface area contributed by atoms with Crippen molar-refractivity contribution in [2.24, 2.45) is 0 Å². The standard InChI is InChI=1S/C22H19ClN2O5S/c1-3-16-6-9-18(10-7-16)24(31(29,30)19-11-4-15(2)5-12-19)22(26)17-8-13-20(23)21(14-17)25(27)28/h4-14H,3H2,1-2H3. The lowest BCUT2D eigenvalue weighted by Gasteiger charge is -2.23. The number of aryl methyl sites for hydroxylation is 2.